The predicted molar refractivity (Wildman–Crippen MR) is 111 cm³/mol. The van der Waals surface area contributed by atoms with Crippen LogP contribution in [-0.2, 0) is 26.7 Å². The summed E-state index contributed by atoms with van der Waals surface area (Å²) in [4.78, 5) is 22.5. The number of carbonyl (C=O) groups is 2. The zero-order valence-corrected chi connectivity index (χ0v) is 17.4. The number of allylic oxidation sites excluding steroid dienone is 10. The molecule has 2 aliphatic rings. The fourth-order valence-electron chi connectivity index (χ4n) is 2.24. The van der Waals surface area contributed by atoms with E-state index in [1.807, 2.05) is 12.2 Å². The minimum Gasteiger partial charge on any atom is -0.396 e. The van der Waals surface area contributed by atoms with E-state index in [1.165, 1.54) is 0 Å². The molecule has 2 aliphatic carbocycles. The van der Waals surface area contributed by atoms with Crippen LogP contribution in [0.4, 0.5) is 0 Å². The quantitative estimate of drug-likeness (QED) is 0.231. The predicted octanol–water partition coefficient (Wildman–Crippen LogP) is 1.85. The van der Waals surface area contributed by atoms with Gasteiger partial charge in [-0.3, -0.25) is 9.59 Å². The molecule has 0 aromatic rings. The van der Waals surface area contributed by atoms with Crippen molar-refractivity contribution in [3.05, 3.63) is 72.2 Å². The molecule has 0 aromatic carbocycles. The summed E-state index contributed by atoms with van der Waals surface area (Å²) >= 11 is 0. The molecule has 163 valence electrons. The van der Waals surface area contributed by atoms with E-state index in [4.69, 9.17) is 10.2 Å². The summed E-state index contributed by atoms with van der Waals surface area (Å²) in [7, 11) is 0. The standard InChI is InChI=1S/2C11H15NO2.Cu/c2*13-8-4-3-7-12-9-10-5-1-2-6-11(10)14;/h2*1-2,5-6,9,12-13H,3-4,7-8H2;/b2*10-9-;. The summed E-state index contributed by atoms with van der Waals surface area (Å²) < 4.78 is 0. The summed E-state index contributed by atoms with van der Waals surface area (Å²) in [6.45, 7) is 2.02. The average Bonchev–Trinajstić information content (AvgIpc) is 2.71. The van der Waals surface area contributed by atoms with E-state index in [2.05, 4.69) is 10.6 Å². The third kappa shape index (κ3) is 12.8. The first-order chi connectivity index (χ1) is 13.7. The van der Waals surface area contributed by atoms with Crippen molar-refractivity contribution in [2.75, 3.05) is 26.3 Å². The van der Waals surface area contributed by atoms with E-state index in [1.54, 1.807) is 48.9 Å². The molecule has 0 amide bonds. The molecule has 2 rings (SSSR count). The molecule has 0 bridgehead atoms. The summed E-state index contributed by atoms with van der Waals surface area (Å²) in [6, 6.07) is 0. The maximum absolute atomic E-state index is 11.2. The first-order valence-corrected chi connectivity index (χ1v) is 9.56. The molecular formula is C22H30CuN2O4. The summed E-state index contributed by atoms with van der Waals surface area (Å²) in [5.74, 6) is 0.0596. The van der Waals surface area contributed by atoms with E-state index in [0.717, 1.165) is 38.8 Å². The van der Waals surface area contributed by atoms with Crippen LogP contribution in [0, 0.1) is 0 Å². The van der Waals surface area contributed by atoms with Crippen molar-refractivity contribution >= 4 is 11.6 Å². The molecule has 4 N–H and O–H groups in total. The van der Waals surface area contributed by atoms with Crippen LogP contribution < -0.4 is 10.6 Å². The van der Waals surface area contributed by atoms with Crippen molar-refractivity contribution in [2.24, 2.45) is 0 Å². The molecule has 6 nitrogen and oxygen atoms in total. The topological polar surface area (TPSA) is 98.7 Å². The largest absolute Gasteiger partial charge is 0.396 e. The van der Waals surface area contributed by atoms with Gasteiger partial charge in [-0.15, -0.1) is 0 Å². The van der Waals surface area contributed by atoms with Gasteiger partial charge < -0.3 is 20.8 Å². The third-order valence-electron chi connectivity index (χ3n) is 3.81. The van der Waals surface area contributed by atoms with E-state index in [9.17, 15) is 9.59 Å². The minimum absolute atomic E-state index is 0. The van der Waals surface area contributed by atoms with Gasteiger partial charge in [0.05, 0.1) is 0 Å². The van der Waals surface area contributed by atoms with Gasteiger partial charge in [0.25, 0.3) is 0 Å². The van der Waals surface area contributed by atoms with Gasteiger partial charge in [-0.2, -0.15) is 0 Å². The van der Waals surface area contributed by atoms with Crippen molar-refractivity contribution in [3.8, 4) is 0 Å². The molecule has 0 saturated heterocycles. The van der Waals surface area contributed by atoms with Crippen LogP contribution in [-0.4, -0.2) is 48.1 Å². The Kier molecular flexibility index (Phi) is 16.5. The second-order valence-corrected chi connectivity index (χ2v) is 6.13. The monoisotopic (exact) mass is 449 g/mol. The molecule has 0 fully saturated rings. The molecule has 0 heterocycles. The van der Waals surface area contributed by atoms with E-state index in [0.29, 0.717) is 11.1 Å². The number of carbonyl (C=O) groups excluding carboxylic acids is 2. The molecule has 0 unspecified atom stereocenters. The fourth-order valence-corrected chi connectivity index (χ4v) is 2.24. The fraction of sp³-hybridized carbons (Fsp3) is 0.364. The Hall–Kier alpha value is -2.18. The van der Waals surface area contributed by atoms with Crippen LogP contribution in [0.3, 0.4) is 0 Å². The average molecular weight is 450 g/mol. The Morgan fingerprint density at radius 1 is 0.655 bits per heavy atom. The Balaban J connectivity index is 0.000000523. The van der Waals surface area contributed by atoms with Gasteiger partial charge in [-0.05, 0) is 50.0 Å². The van der Waals surface area contributed by atoms with Crippen molar-refractivity contribution in [2.45, 2.75) is 25.7 Å². The van der Waals surface area contributed by atoms with Crippen LogP contribution in [0.5, 0.6) is 0 Å². The van der Waals surface area contributed by atoms with Gasteiger partial charge in [-0.1, -0.05) is 24.3 Å². The van der Waals surface area contributed by atoms with Gasteiger partial charge in [0, 0.05) is 66.9 Å². The van der Waals surface area contributed by atoms with Crippen molar-refractivity contribution < 1.29 is 36.9 Å². The SMILES string of the molecule is O=C1C=CC=C/C1=C/NCCCCO.O=C1C=CC=C/C1=C/NCCCCO.[Cu]. The smallest absolute Gasteiger partial charge is 0.187 e. The van der Waals surface area contributed by atoms with Crippen molar-refractivity contribution in [1.82, 2.24) is 10.6 Å². The second-order valence-electron chi connectivity index (χ2n) is 6.13. The van der Waals surface area contributed by atoms with Gasteiger partial charge in [-0.25, -0.2) is 0 Å². The molecule has 7 heteroatoms. The maximum Gasteiger partial charge on any atom is 0.187 e. The number of aliphatic hydroxyl groups excluding tert-OH is 2. The molecule has 29 heavy (non-hydrogen) atoms. The van der Waals surface area contributed by atoms with Gasteiger partial charge in [0.15, 0.2) is 11.6 Å². The first kappa shape index (κ1) is 26.8. The first-order valence-electron chi connectivity index (χ1n) is 9.56. The number of unbranched alkanes of at least 4 members (excludes halogenated alkanes) is 2. The summed E-state index contributed by atoms with van der Waals surface area (Å²) in [5, 5.41) is 23.2. The summed E-state index contributed by atoms with van der Waals surface area (Å²) in [5.41, 5.74) is 1.35. The van der Waals surface area contributed by atoms with E-state index < -0.39 is 0 Å². The van der Waals surface area contributed by atoms with Gasteiger partial charge >= 0.3 is 0 Å². The number of aliphatic hydroxyl groups is 2. The molecular weight excluding hydrogens is 420 g/mol. The molecule has 0 aliphatic heterocycles. The molecule has 0 spiro atoms. The van der Waals surface area contributed by atoms with Crippen LogP contribution in [0.2, 0.25) is 0 Å². The number of ketones is 2. The Labute approximate surface area is 183 Å². The normalized spacial score (nSPS) is 17.2. The number of rotatable bonds is 10. The molecule has 0 aromatic heterocycles. The number of hydrogen-bond donors (Lipinski definition) is 4. The Morgan fingerprint density at radius 3 is 1.38 bits per heavy atom. The molecule has 0 atom stereocenters. The van der Waals surface area contributed by atoms with Gasteiger partial charge in [0.2, 0.25) is 0 Å². The van der Waals surface area contributed by atoms with Crippen LogP contribution >= 0.6 is 0 Å². The second kappa shape index (κ2) is 17.9. The molecule has 0 saturated carbocycles. The third-order valence-corrected chi connectivity index (χ3v) is 3.81. The van der Waals surface area contributed by atoms with Crippen LogP contribution in [0.25, 0.3) is 0 Å². The Morgan fingerprint density at radius 2 is 1.03 bits per heavy atom. The van der Waals surface area contributed by atoms with Crippen molar-refractivity contribution in [3.63, 3.8) is 0 Å². The summed E-state index contributed by atoms with van der Waals surface area (Å²) in [6.07, 6.45) is 20.6. The number of hydrogen-bond acceptors (Lipinski definition) is 6. The Bertz CT molecular complexity index is 618. The van der Waals surface area contributed by atoms with Crippen LogP contribution in [0.1, 0.15) is 25.7 Å². The molecule has 1 radical (unpaired) electrons. The minimum atomic E-state index is 0. The van der Waals surface area contributed by atoms with E-state index >= 15 is 0 Å². The van der Waals surface area contributed by atoms with Crippen molar-refractivity contribution in [1.29, 1.82) is 0 Å². The van der Waals surface area contributed by atoms with Gasteiger partial charge in [0.1, 0.15) is 0 Å². The zero-order chi connectivity index (χ0) is 20.5. The van der Waals surface area contributed by atoms with E-state index in [-0.39, 0.29) is 41.8 Å². The van der Waals surface area contributed by atoms with Crippen LogP contribution in [0.15, 0.2) is 72.2 Å². The maximum atomic E-state index is 11.2. The number of nitrogens with one attached hydrogen (secondary N) is 2. The zero-order valence-electron chi connectivity index (χ0n) is 16.4.